The van der Waals surface area contributed by atoms with Crippen molar-refractivity contribution in [2.75, 3.05) is 32.1 Å². The van der Waals surface area contributed by atoms with Crippen LogP contribution in [-0.4, -0.2) is 42.9 Å². The Bertz CT molecular complexity index is 215. The highest BCUT2D eigenvalue weighted by molar-refractivity contribution is 6.19. The van der Waals surface area contributed by atoms with Gasteiger partial charge in [0.15, 0.2) is 0 Å². The maximum absolute atomic E-state index is 11.7. The van der Waals surface area contributed by atoms with Crippen molar-refractivity contribution in [2.24, 2.45) is 5.41 Å². The van der Waals surface area contributed by atoms with Crippen molar-refractivity contribution in [1.82, 2.24) is 10.2 Å². The molecule has 0 saturated carbocycles. The summed E-state index contributed by atoms with van der Waals surface area (Å²) in [5.41, 5.74) is -0.458. The number of hydrogen-bond donors (Lipinski definition) is 1. The Morgan fingerprint density at radius 3 is 2.29 bits per heavy atom. The van der Waals surface area contributed by atoms with Crippen molar-refractivity contribution in [1.29, 1.82) is 0 Å². The SMILES string of the molecule is CCN(CC)CCCCNC(=O)C(C)(C)CCl. The molecule has 0 spiro atoms. The Kier molecular flexibility index (Phi) is 8.61. The minimum Gasteiger partial charge on any atom is -0.356 e. The van der Waals surface area contributed by atoms with E-state index in [1.807, 2.05) is 13.8 Å². The van der Waals surface area contributed by atoms with Crippen LogP contribution in [0.1, 0.15) is 40.5 Å². The summed E-state index contributed by atoms with van der Waals surface area (Å²) in [5, 5.41) is 2.94. The first-order valence-electron chi connectivity index (χ1n) is 6.54. The van der Waals surface area contributed by atoms with Crippen molar-refractivity contribution in [3.63, 3.8) is 0 Å². The lowest BCUT2D eigenvalue weighted by Gasteiger charge is -2.21. The molecule has 0 aliphatic carbocycles. The zero-order chi connectivity index (χ0) is 13.3. The van der Waals surface area contributed by atoms with E-state index in [2.05, 4.69) is 24.1 Å². The predicted molar refractivity (Wildman–Crippen MR) is 74.5 cm³/mol. The highest BCUT2D eigenvalue weighted by Gasteiger charge is 2.25. The third-order valence-electron chi connectivity index (χ3n) is 3.03. The van der Waals surface area contributed by atoms with Gasteiger partial charge in [-0.1, -0.05) is 13.8 Å². The Hall–Kier alpha value is -0.280. The van der Waals surface area contributed by atoms with E-state index in [-0.39, 0.29) is 5.91 Å². The van der Waals surface area contributed by atoms with E-state index < -0.39 is 5.41 Å². The molecule has 0 fully saturated rings. The molecule has 0 unspecified atom stereocenters. The lowest BCUT2D eigenvalue weighted by atomic mass is 9.95. The summed E-state index contributed by atoms with van der Waals surface area (Å²) in [6.45, 7) is 12.1. The number of alkyl halides is 1. The van der Waals surface area contributed by atoms with Crippen molar-refractivity contribution in [3.8, 4) is 0 Å². The molecule has 0 aromatic heterocycles. The van der Waals surface area contributed by atoms with Crippen LogP contribution in [0, 0.1) is 5.41 Å². The van der Waals surface area contributed by atoms with Crippen LogP contribution < -0.4 is 5.32 Å². The number of nitrogens with zero attached hydrogens (tertiary/aromatic N) is 1. The summed E-state index contributed by atoms with van der Waals surface area (Å²) in [6.07, 6.45) is 2.16. The van der Waals surface area contributed by atoms with Gasteiger partial charge in [-0.05, 0) is 46.3 Å². The van der Waals surface area contributed by atoms with Gasteiger partial charge in [0.25, 0.3) is 0 Å². The fourth-order valence-corrected chi connectivity index (χ4v) is 1.62. The molecule has 1 N–H and O–H groups in total. The summed E-state index contributed by atoms with van der Waals surface area (Å²) in [5.74, 6) is 0.411. The number of carbonyl (C=O) groups is 1. The molecular formula is C13H27ClN2O. The maximum Gasteiger partial charge on any atom is 0.226 e. The summed E-state index contributed by atoms with van der Waals surface area (Å²) < 4.78 is 0. The van der Waals surface area contributed by atoms with Crippen LogP contribution in [0.5, 0.6) is 0 Å². The van der Waals surface area contributed by atoms with E-state index in [1.165, 1.54) is 0 Å². The third kappa shape index (κ3) is 6.89. The van der Waals surface area contributed by atoms with Gasteiger partial charge in [0.2, 0.25) is 5.91 Å². The van der Waals surface area contributed by atoms with Crippen LogP contribution in [0.3, 0.4) is 0 Å². The molecule has 1 amide bonds. The second-order valence-electron chi connectivity index (χ2n) is 5.01. The smallest absolute Gasteiger partial charge is 0.226 e. The molecule has 3 nitrogen and oxygen atoms in total. The Morgan fingerprint density at radius 1 is 1.24 bits per heavy atom. The number of halogens is 1. The van der Waals surface area contributed by atoms with Gasteiger partial charge < -0.3 is 10.2 Å². The molecular weight excluding hydrogens is 236 g/mol. The quantitative estimate of drug-likeness (QED) is 0.512. The van der Waals surface area contributed by atoms with Crippen LogP contribution in [-0.2, 0) is 4.79 Å². The Balaban J connectivity index is 3.62. The minimum absolute atomic E-state index is 0.0512. The molecule has 0 aliphatic heterocycles. The molecule has 0 aliphatic rings. The van der Waals surface area contributed by atoms with E-state index in [0.29, 0.717) is 5.88 Å². The van der Waals surface area contributed by atoms with Gasteiger partial charge in [-0.2, -0.15) is 0 Å². The fourth-order valence-electron chi connectivity index (χ4n) is 1.50. The second kappa shape index (κ2) is 8.76. The first-order chi connectivity index (χ1) is 7.97. The molecule has 0 atom stereocenters. The van der Waals surface area contributed by atoms with Crippen molar-refractivity contribution >= 4 is 17.5 Å². The summed E-state index contributed by atoms with van der Waals surface area (Å²) in [6, 6.07) is 0. The number of nitrogens with one attached hydrogen (secondary N) is 1. The van der Waals surface area contributed by atoms with Crippen molar-refractivity contribution in [3.05, 3.63) is 0 Å². The van der Waals surface area contributed by atoms with Crippen LogP contribution in [0.15, 0.2) is 0 Å². The molecule has 17 heavy (non-hydrogen) atoms. The topological polar surface area (TPSA) is 32.3 Å². The largest absolute Gasteiger partial charge is 0.356 e. The first kappa shape index (κ1) is 16.7. The molecule has 102 valence electrons. The van der Waals surface area contributed by atoms with Crippen molar-refractivity contribution in [2.45, 2.75) is 40.5 Å². The van der Waals surface area contributed by atoms with E-state index in [9.17, 15) is 4.79 Å². The summed E-state index contributed by atoms with van der Waals surface area (Å²) in [7, 11) is 0. The number of amides is 1. The Morgan fingerprint density at radius 2 is 1.82 bits per heavy atom. The highest BCUT2D eigenvalue weighted by Crippen LogP contribution is 2.16. The van der Waals surface area contributed by atoms with Gasteiger partial charge in [-0.3, -0.25) is 4.79 Å². The van der Waals surface area contributed by atoms with Crippen LogP contribution >= 0.6 is 11.6 Å². The van der Waals surface area contributed by atoms with E-state index in [0.717, 1.165) is 39.0 Å². The standard InChI is InChI=1S/C13H27ClN2O/c1-5-16(6-2)10-8-7-9-15-12(17)13(3,4)11-14/h5-11H2,1-4H3,(H,15,17). The van der Waals surface area contributed by atoms with Gasteiger partial charge in [-0.15, -0.1) is 11.6 Å². The van der Waals surface area contributed by atoms with Gasteiger partial charge in [0.1, 0.15) is 0 Å². The zero-order valence-corrected chi connectivity index (χ0v) is 12.4. The lowest BCUT2D eigenvalue weighted by Crippen LogP contribution is -2.38. The van der Waals surface area contributed by atoms with Gasteiger partial charge in [-0.25, -0.2) is 0 Å². The van der Waals surface area contributed by atoms with Crippen LogP contribution in [0.2, 0.25) is 0 Å². The van der Waals surface area contributed by atoms with E-state index >= 15 is 0 Å². The van der Waals surface area contributed by atoms with E-state index in [1.54, 1.807) is 0 Å². The van der Waals surface area contributed by atoms with E-state index in [4.69, 9.17) is 11.6 Å². The monoisotopic (exact) mass is 262 g/mol. The normalized spacial score (nSPS) is 11.9. The molecule has 0 rings (SSSR count). The maximum atomic E-state index is 11.7. The molecule has 0 heterocycles. The molecule has 0 aromatic rings. The average molecular weight is 263 g/mol. The second-order valence-corrected chi connectivity index (χ2v) is 5.27. The van der Waals surface area contributed by atoms with Gasteiger partial charge in [0, 0.05) is 12.4 Å². The number of unbranched alkanes of at least 4 members (excludes halogenated alkanes) is 1. The Labute approximate surface area is 111 Å². The molecule has 0 saturated heterocycles. The first-order valence-corrected chi connectivity index (χ1v) is 7.08. The predicted octanol–water partition coefficient (Wildman–Crippen LogP) is 2.49. The highest BCUT2D eigenvalue weighted by atomic mass is 35.5. The zero-order valence-electron chi connectivity index (χ0n) is 11.7. The number of carbonyl (C=O) groups excluding carboxylic acids is 1. The fraction of sp³-hybridized carbons (Fsp3) is 0.923. The number of hydrogen-bond acceptors (Lipinski definition) is 2. The molecule has 0 radical (unpaired) electrons. The minimum atomic E-state index is -0.458. The van der Waals surface area contributed by atoms with Gasteiger partial charge in [0.05, 0.1) is 5.41 Å². The summed E-state index contributed by atoms with van der Waals surface area (Å²) in [4.78, 5) is 14.1. The molecule has 0 bridgehead atoms. The number of rotatable bonds is 9. The van der Waals surface area contributed by atoms with Crippen molar-refractivity contribution < 1.29 is 4.79 Å². The third-order valence-corrected chi connectivity index (χ3v) is 3.70. The van der Waals surface area contributed by atoms with Gasteiger partial charge >= 0.3 is 0 Å². The van der Waals surface area contributed by atoms with Crippen LogP contribution in [0.4, 0.5) is 0 Å². The average Bonchev–Trinajstić information content (AvgIpc) is 2.33. The molecule has 4 heteroatoms. The lowest BCUT2D eigenvalue weighted by molar-refractivity contribution is -0.128. The summed E-state index contributed by atoms with van der Waals surface area (Å²) >= 11 is 5.74. The molecule has 0 aromatic carbocycles. The van der Waals surface area contributed by atoms with Crippen LogP contribution in [0.25, 0.3) is 0 Å².